The van der Waals surface area contributed by atoms with Gasteiger partial charge in [0.05, 0.1) is 22.3 Å². The van der Waals surface area contributed by atoms with Crippen molar-refractivity contribution < 1.29 is 19.4 Å². The summed E-state index contributed by atoms with van der Waals surface area (Å²) in [5.41, 5.74) is -1.000. The molecule has 0 bridgehead atoms. The molecule has 104 valence electrons. The third kappa shape index (κ3) is 2.88. The standard InChI is InChI=1S/C13H15ClFNO3/c1-13(19)4-5-16(7-11(13)17)12(18)9-3-2-8(15)6-10(9)14/h2-3,6,11,17,19H,4-5,7H2,1H3/t11-,13+/m0/s1. The van der Waals surface area contributed by atoms with Crippen molar-refractivity contribution in [2.24, 2.45) is 0 Å². The van der Waals surface area contributed by atoms with Crippen LogP contribution < -0.4 is 0 Å². The third-order valence-electron chi connectivity index (χ3n) is 3.45. The van der Waals surface area contributed by atoms with Gasteiger partial charge in [0, 0.05) is 13.1 Å². The molecule has 2 N–H and O–H groups in total. The van der Waals surface area contributed by atoms with E-state index in [1.54, 1.807) is 0 Å². The molecule has 1 amide bonds. The molecule has 0 aromatic heterocycles. The van der Waals surface area contributed by atoms with Gasteiger partial charge in [-0.2, -0.15) is 0 Å². The van der Waals surface area contributed by atoms with E-state index < -0.39 is 17.5 Å². The van der Waals surface area contributed by atoms with Gasteiger partial charge in [-0.15, -0.1) is 0 Å². The second-order valence-electron chi connectivity index (χ2n) is 5.00. The maximum absolute atomic E-state index is 12.9. The minimum atomic E-state index is -1.19. The fourth-order valence-electron chi connectivity index (χ4n) is 2.04. The Kier molecular flexibility index (Phi) is 3.80. The predicted molar refractivity (Wildman–Crippen MR) is 68.6 cm³/mol. The van der Waals surface area contributed by atoms with E-state index in [4.69, 9.17) is 11.6 Å². The summed E-state index contributed by atoms with van der Waals surface area (Å²) in [6.45, 7) is 1.88. The predicted octanol–water partition coefficient (Wildman–Crippen LogP) is 1.44. The van der Waals surface area contributed by atoms with Crippen molar-refractivity contribution in [2.75, 3.05) is 13.1 Å². The van der Waals surface area contributed by atoms with Crippen LogP contribution >= 0.6 is 11.6 Å². The molecule has 19 heavy (non-hydrogen) atoms. The highest BCUT2D eigenvalue weighted by Crippen LogP contribution is 2.25. The fourth-order valence-corrected chi connectivity index (χ4v) is 2.29. The smallest absolute Gasteiger partial charge is 0.255 e. The van der Waals surface area contributed by atoms with Gasteiger partial charge in [-0.3, -0.25) is 4.79 Å². The van der Waals surface area contributed by atoms with Gasteiger partial charge < -0.3 is 15.1 Å². The van der Waals surface area contributed by atoms with E-state index >= 15 is 0 Å². The molecule has 1 fully saturated rings. The van der Waals surface area contributed by atoms with Gasteiger partial charge in [0.25, 0.3) is 5.91 Å². The summed E-state index contributed by atoms with van der Waals surface area (Å²) in [7, 11) is 0. The van der Waals surface area contributed by atoms with Crippen LogP contribution in [0.15, 0.2) is 18.2 Å². The molecule has 1 aliphatic heterocycles. The first-order chi connectivity index (χ1) is 8.81. The molecule has 0 spiro atoms. The number of nitrogens with zero attached hydrogens (tertiary/aromatic N) is 1. The van der Waals surface area contributed by atoms with Crippen LogP contribution in [0.4, 0.5) is 4.39 Å². The molecular weight excluding hydrogens is 273 g/mol. The number of rotatable bonds is 1. The summed E-state index contributed by atoms with van der Waals surface area (Å²) in [6, 6.07) is 3.56. The van der Waals surface area contributed by atoms with Gasteiger partial charge in [-0.05, 0) is 31.5 Å². The molecule has 0 aliphatic carbocycles. The lowest BCUT2D eigenvalue weighted by Crippen LogP contribution is -2.55. The molecule has 1 saturated heterocycles. The number of amides is 1. The number of benzene rings is 1. The summed E-state index contributed by atoms with van der Waals surface area (Å²) in [5, 5.41) is 19.7. The Balaban J connectivity index is 2.17. The Morgan fingerprint density at radius 3 is 2.84 bits per heavy atom. The summed E-state index contributed by atoms with van der Waals surface area (Å²) < 4.78 is 12.9. The lowest BCUT2D eigenvalue weighted by molar-refractivity contribution is -0.0999. The monoisotopic (exact) mass is 287 g/mol. The van der Waals surface area contributed by atoms with Crippen LogP contribution in [0.1, 0.15) is 23.7 Å². The molecule has 2 rings (SSSR count). The van der Waals surface area contributed by atoms with Crippen molar-refractivity contribution in [1.29, 1.82) is 0 Å². The van der Waals surface area contributed by atoms with Crippen molar-refractivity contribution in [2.45, 2.75) is 25.0 Å². The number of likely N-dealkylation sites (tertiary alicyclic amines) is 1. The zero-order valence-corrected chi connectivity index (χ0v) is 11.2. The van der Waals surface area contributed by atoms with Gasteiger partial charge in [-0.25, -0.2) is 4.39 Å². The zero-order valence-electron chi connectivity index (χ0n) is 10.4. The van der Waals surface area contributed by atoms with E-state index in [0.717, 1.165) is 12.1 Å². The van der Waals surface area contributed by atoms with Crippen LogP contribution in [-0.2, 0) is 0 Å². The molecule has 1 aromatic rings. The van der Waals surface area contributed by atoms with Crippen molar-refractivity contribution in [3.05, 3.63) is 34.6 Å². The Morgan fingerprint density at radius 2 is 2.26 bits per heavy atom. The molecule has 1 heterocycles. The van der Waals surface area contributed by atoms with Crippen LogP contribution in [0.2, 0.25) is 5.02 Å². The lowest BCUT2D eigenvalue weighted by Gasteiger charge is -2.40. The highest BCUT2D eigenvalue weighted by Gasteiger charge is 2.38. The van der Waals surface area contributed by atoms with E-state index in [2.05, 4.69) is 0 Å². The van der Waals surface area contributed by atoms with Gasteiger partial charge in [0.1, 0.15) is 5.82 Å². The Bertz CT molecular complexity index is 507. The summed E-state index contributed by atoms with van der Waals surface area (Å²) >= 11 is 5.84. The number of carbonyl (C=O) groups is 1. The van der Waals surface area contributed by atoms with Crippen LogP contribution in [0, 0.1) is 5.82 Å². The molecule has 0 radical (unpaired) electrons. The largest absolute Gasteiger partial charge is 0.388 e. The number of β-amino-alcohol motifs (C(OH)–C–C–N with tert-alkyl or cyclic N) is 1. The number of aliphatic hydroxyl groups excluding tert-OH is 1. The third-order valence-corrected chi connectivity index (χ3v) is 3.76. The summed E-state index contributed by atoms with van der Waals surface area (Å²) in [4.78, 5) is 13.6. The van der Waals surface area contributed by atoms with E-state index in [1.165, 1.54) is 17.9 Å². The van der Waals surface area contributed by atoms with Crippen molar-refractivity contribution in [1.82, 2.24) is 4.90 Å². The molecule has 1 aliphatic rings. The Morgan fingerprint density at radius 1 is 1.58 bits per heavy atom. The van der Waals surface area contributed by atoms with Crippen molar-refractivity contribution in [3.8, 4) is 0 Å². The highest BCUT2D eigenvalue weighted by atomic mass is 35.5. The Labute approximate surface area is 115 Å². The average molecular weight is 288 g/mol. The van der Waals surface area contributed by atoms with Crippen LogP contribution in [0.5, 0.6) is 0 Å². The van der Waals surface area contributed by atoms with Gasteiger partial charge >= 0.3 is 0 Å². The quantitative estimate of drug-likeness (QED) is 0.822. The van der Waals surface area contributed by atoms with E-state index in [0.29, 0.717) is 6.54 Å². The average Bonchev–Trinajstić information content (AvgIpc) is 2.32. The number of carbonyl (C=O) groups excluding carboxylic acids is 1. The lowest BCUT2D eigenvalue weighted by atomic mass is 9.90. The van der Waals surface area contributed by atoms with Crippen molar-refractivity contribution >= 4 is 17.5 Å². The van der Waals surface area contributed by atoms with E-state index in [1.807, 2.05) is 0 Å². The van der Waals surface area contributed by atoms with Gasteiger partial charge in [-0.1, -0.05) is 11.6 Å². The molecule has 0 unspecified atom stereocenters. The first-order valence-electron chi connectivity index (χ1n) is 5.96. The SMILES string of the molecule is C[C@@]1(O)CCN(C(=O)c2ccc(F)cc2Cl)C[C@@H]1O. The number of halogens is 2. The van der Waals surface area contributed by atoms with E-state index in [9.17, 15) is 19.4 Å². The molecule has 1 aromatic carbocycles. The molecule has 2 atom stereocenters. The van der Waals surface area contributed by atoms with Crippen LogP contribution in [0.3, 0.4) is 0 Å². The maximum Gasteiger partial charge on any atom is 0.255 e. The summed E-state index contributed by atoms with van der Waals surface area (Å²) in [6.07, 6.45) is -0.733. The highest BCUT2D eigenvalue weighted by molar-refractivity contribution is 6.33. The minimum absolute atomic E-state index is 0.0273. The molecule has 6 heteroatoms. The van der Waals surface area contributed by atoms with Crippen LogP contribution in [-0.4, -0.2) is 45.8 Å². The van der Waals surface area contributed by atoms with Gasteiger partial charge in [0.15, 0.2) is 0 Å². The van der Waals surface area contributed by atoms with Crippen LogP contribution in [0.25, 0.3) is 0 Å². The first kappa shape index (κ1) is 14.2. The molecule has 0 saturated carbocycles. The normalized spacial score (nSPS) is 27.4. The number of piperidine rings is 1. The summed E-state index contributed by atoms with van der Waals surface area (Å²) in [5.74, 6) is -0.886. The van der Waals surface area contributed by atoms with E-state index in [-0.39, 0.29) is 29.5 Å². The topological polar surface area (TPSA) is 60.8 Å². The number of aliphatic hydroxyl groups is 2. The minimum Gasteiger partial charge on any atom is -0.388 e. The van der Waals surface area contributed by atoms with Crippen molar-refractivity contribution in [3.63, 3.8) is 0 Å². The zero-order chi connectivity index (χ0) is 14.2. The molecular formula is C13H15ClFNO3. The second kappa shape index (κ2) is 5.07. The second-order valence-corrected chi connectivity index (χ2v) is 5.41. The van der Waals surface area contributed by atoms with Gasteiger partial charge in [0.2, 0.25) is 0 Å². The maximum atomic E-state index is 12.9. The molecule has 4 nitrogen and oxygen atoms in total. The number of hydrogen-bond acceptors (Lipinski definition) is 3. The number of hydrogen-bond donors (Lipinski definition) is 2. The fraction of sp³-hybridized carbons (Fsp3) is 0.462. The Hall–Kier alpha value is -1.17. The first-order valence-corrected chi connectivity index (χ1v) is 6.34.